The second-order valence-electron chi connectivity index (χ2n) is 11.8. The average molecular weight is 553 g/mol. The van der Waals surface area contributed by atoms with E-state index < -0.39 is 0 Å². The molecule has 7 aromatic rings. The van der Waals surface area contributed by atoms with Gasteiger partial charge in [-0.25, -0.2) is 4.98 Å². The van der Waals surface area contributed by atoms with Crippen LogP contribution in [0.2, 0.25) is 0 Å². The zero-order chi connectivity index (χ0) is 28.8. The second-order valence-corrected chi connectivity index (χ2v) is 11.8. The number of hydrogen-bond acceptors (Lipinski definition) is 2. The van der Waals surface area contributed by atoms with Crippen LogP contribution in [0.5, 0.6) is 0 Å². The van der Waals surface area contributed by atoms with Crippen molar-refractivity contribution in [1.29, 1.82) is 0 Å². The minimum atomic E-state index is 0.657. The Morgan fingerprint density at radius 1 is 0.558 bits per heavy atom. The number of nitrogens with zero attached hydrogens (tertiary/aromatic N) is 1. The van der Waals surface area contributed by atoms with Gasteiger partial charge in [0.05, 0.1) is 11.2 Å². The highest BCUT2D eigenvalue weighted by Crippen LogP contribution is 2.38. The van der Waals surface area contributed by atoms with Gasteiger partial charge in [-0.3, -0.25) is 0 Å². The molecule has 43 heavy (non-hydrogen) atoms. The molecule has 0 fully saturated rings. The van der Waals surface area contributed by atoms with Gasteiger partial charge in [0.15, 0.2) is 0 Å². The summed E-state index contributed by atoms with van der Waals surface area (Å²) in [6.45, 7) is 3.33. The molecule has 0 amide bonds. The molecular formula is C41H32N2. The van der Waals surface area contributed by atoms with Crippen molar-refractivity contribution >= 4 is 27.4 Å². The van der Waals surface area contributed by atoms with E-state index in [0.717, 1.165) is 35.1 Å². The van der Waals surface area contributed by atoms with Gasteiger partial charge < -0.3 is 5.32 Å². The third-order valence-electron chi connectivity index (χ3n) is 8.82. The number of aromatic nitrogens is 1. The molecule has 1 atom stereocenters. The van der Waals surface area contributed by atoms with Crippen LogP contribution >= 0.6 is 0 Å². The molecule has 0 saturated carbocycles. The Morgan fingerprint density at radius 2 is 1.28 bits per heavy atom. The number of benzene rings is 6. The Balaban J connectivity index is 1.27. The van der Waals surface area contributed by atoms with Crippen molar-refractivity contribution in [2.24, 2.45) is 5.92 Å². The molecule has 6 aromatic carbocycles. The maximum atomic E-state index is 5.24. The first-order chi connectivity index (χ1) is 21.2. The molecule has 2 heteroatoms. The van der Waals surface area contributed by atoms with E-state index in [9.17, 15) is 0 Å². The molecule has 2 heterocycles. The van der Waals surface area contributed by atoms with E-state index in [4.69, 9.17) is 4.98 Å². The Labute approximate surface area is 252 Å². The van der Waals surface area contributed by atoms with Crippen LogP contribution in [0, 0.1) is 5.92 Å². The fourth-order valence-electron chi connectivity index (χ4n) is 6.55. The molecule has 1 unspecified atom stereocenters. The third-order valence-corrected chi connectivity index (χ3v) is 8.82. The topological polar surface area (TPSA) is 24.9 Å². The lowest BCUT2D eigenvalue weighted by Crippen LogP contribution is -2.21. The summed E-state index contributed by atoms with van der Waals surface area (Å²) in [4.78, 5) is 5.24. The van der Waals surface area contributed by atoms with Crippen LogP contribution in [0.3, 0.4) is 0 Å². The molecule has 0 bridgehead atoms. The van der Waals surface area contributed by atoms with Crippen LogP contribution in [-0.2, 0) is 6.42 Å². The summed E-state index contributed by atoms with van der Waals surface area (Å²) in [5.74, 6) is 0.657. The van der Waals surface area contributed by atoms with Gasteiger partial charge in [0.25, 0.3) is 0 Å². The number of pyridine rings is 1. The summed E-state index contributed by atoms with van der Waals surface area (Å²) < 4.78 is 0. The van der Waals surface area contributed by atoms with Crippen LogP contribution in [-0.4, -0.2) is 11.5 Å². The molecule has 1 N–H and O–H groups in total. The largest absolute Gasteiger partial charge is 0.384 e. The van der Waals surface area contributed by atoms with Gasteiger partial charge in [-0.1, -0.05) is 128 Å². The molecule has 1 aliphatic heterocycles. The predicted octanol–water partition coefficient (Wildman–Crippen LogP) is 10.7. The number of nitrogens with one attached hydrogen (secondary N) is 1. The molecule has 1 aliphatic rings. The van der Waals surface area contributed by atoms with Gasteiger partial charge in [0.2, 0.25) is 0 Å². The zero-order valence-corrected chi connectivity index (χ0v) is 24.2. The Bertz CT molecular complexity index is 2110. The standard InChI is InChI=1S/C41H32N2/c1-27-22-35-12-7-13-36(41(35)42-26-27)30-15-17-31(18-16-30)38-25-39(34-19-14-29-10-5-6-11-32(29)23-34)43-40-24-33(20-21-37(38)40)28-8-3-2-4-9-28/h2-21,23-25,27,42H,22,26H2,1H3. The molecule has 8 rings (SSSR count). The van der Waals surface area contributed by atoms with Gasteiger partial charge >= 0.3 is 0 Å². The zero-order valence-electron chi connectivity index (χ0n) is 24.2. The Morgan fingerprint density at radius 3 is 2.12 bits per heavy atom. The molecule has 206 valence electrons. The minimum absolute atomic E-state index is 0.657. The van der Waals surface area contributed by atoms with E-state index in [2.05, 4.69) is 152 Å². The molecule has 2 nitrogen and oxygen atoms in total. The monoisotopic (exact) mass is 552 g/mol. The van der Waals surface area contributed by atoms with E-state index >= 15 is 0 Å². The van der Waals surface area contributed by atoms with Gasteiger partial charge in [0.1, 0.15) is 0 Å². The molecular weight excluding hydrogens is 520 g/mol. The van der Waals surface area contributed by atoms with Crippen LogP contribution in [0.25, 0.3) is 66.3 Å². The fourth-order valence-corrected chi connectivity index (χ4v) is 6.55. The van der Waals surface area contributed by atoms with E-state index in [1.165, 1.54) is 55.4 Å². The summed E-state index contributed by atoms with van der Waals surface area (Å²) in [5.41, 5.74) is 13.1. The number of rotatable bonds is 4. The van der Waals surface area contributed by atoms with Crippen molar-refractivity contribution in [2.45, 2.75) is 13.3 Å². The first kappa shape index (κ1) is 25.5. The highest BCUT2D eigenvalue weighted by molar-refractivity contribution is 5.99. The molecule has 0 saturated heterocycles. The van der Waals surface area contributed by atoms with E-state index in [1.807, 2.05) is 0 Å². The summed E-state index contributed by atoms with van der Waals surface area (Å²) in [6, 6.07) is 50.4. The number of fused-ring (bicyclic) bond motifs is 3. The van der Waals surface area contributed by atoms with Crippen molar-refractivity contribution in [3.05, 3.63) is 145 Å². The number of anilines is 1. The van der Waals surface area contributed by atoms with Gasteiger partial charge in [-0.15, -0.1) is 0 Å². The van der Waals surface area contributed by atoms with Gasteiger partial charge in [-0.2, -0.15) is 0 Å². The van der Waals surface area contributed by atoms with Crippen molar-refractivity contribution < 1.29 is 0 Å². The number of para-hydroxylation sites is 1. The Hall–Kier alpha value is -5.21. The van der Waals surface area contributed by atoms with E-state index in [1.54, 1.807) is 0 Å². The summed E-state index contributed by atoms with van der Waals surface area (Å²) in [5, 5.41) is 7.32. The molecule has 0 aliphatic carbocycles. The fraction of sp³-hybridized carbons (Fsp3) is 0.0976. The maximum absolute atomic E-state index is 5.24. The lowest BCUT2D eigenvalue weighted by molar-refractivity contribution is 0.595. The highest BCUT2D eigenvalue weighted by Gasteiger charge is 2.18. The third kappa shape index (κ3) is 4.75. The molecule has 0 spiro atoms. The number of hydrogen-bond donors (Lipinski definition) is 1. The van der Waals surface area contributed by atoms with Gasteiger partial charge in [0, 0.05) is 28.7 Å². The summed E-state index contributed by atoms with van der Waals surface area (Å²) in [6.07, 6.45) is 1.12. The predicted molar refractivity (Wildman–Crippen MR) is 182 cm³/mol. The second kappa shape index (κ2) is 10.6. The maximum Gasteiger partial charge on any atom is 0.0721 e. The average Bonchev–Trinajstić information content (AvgIpc) is 3.07. The van der Waals surface area contributed by atoms with Gasteiger partial charge in [-0.05, 0) is 74.7 Å². The lowest BCUT2D eigenvalue weighted by Gasteiger charge is -2.26. The SMILES string of the molecule is CC1CNc2c(cccc2-c2ccc(-c3cc(-c4ccc5ccccc5c4)nc4cc(-c5ccccc5)ccc34)cc2)C1. The van der Waals surface area contributed by atoms with Crippen LogP contribution in [0.15, 0.2) is 140 Å². The Kier molecular flexibility index (Phi) is 6.26. The highest BCUT2D eigenvalue weighted by atomic mass is 14.9. The minimum Gasteiger partial charge on any atom is -0.384 e. The first-order valence-corrected chi connectivity index (χ1v) is 15.2. The molecule has 0 radical (unpaired) electrons. The quantitative estimate of drug-likeness (QED) is 0.235. The van der Waals surface area contributed by atoms with Crippen LogP contribution < -0.4 is 5.32 Å². The van der Waals surface area contributed by atoms with E-state index in [0.29, 0.717) is 5.92 Å². The normalized spacial score (nSPS) is 14.4. The lowest BCUT2D eigenvalue weighted by atomic mass is 9.90. The smallest absolute Gasteiger partial charge is 0.0721 e. The van der Waals surface area contributed by atoms with Crippen molar-refractivity contribution in [2.75, 3.05) is 11.9 Å². The van der Waals surface area contributed by atoms with Crippen LogP contribution in [0.1, 0.15) is 12.5 Å². The first-order valence-electron chi connectivity index (χ1n) is 15.2. The van der Waals surface area contributed by atoms with Crippen LogP contribution in [0.4, 0.5) is 5.69 Å². The van der Waals surface area contributed by atoms with Crippen molar-refractivity contribution in [1.82, 2.24) is 4.98 Å². The van der Waals surface area contributed by atoms with Crippen molar-refractivity contribution in [3.8, 4) is 44.6 Å². The van der Waals surface area contributed by atoms with E-state index in [-0.39, 0.29) is 0 Å². The van der Waals surface area contributed by atoms with Crippen molar-refractivity contribution in [3.63, 3.8) is 0 Å². The summed E-state index contributed by atoms with van der Waals surface area (Å²) in [7, 11) is 0. The summed E-state index contributed by atoms with van der Waals surface area (Å²) >= 11 is 0. The molecule has 1 aromatic heterocycles.